The van der Waals surface area contributed by atoms with Crippen LogP contribution in [0.25, 0.3) is 10.2 Å². The van der Waals surface area contributed by atoms with Crippen molar-refractivity contribution in [3.05, 3.63) is 91.9 Å². The fraction of sp³-hybridized carbons (Fsp3) is 0.125. The van der Waals surface area contributed by atoms with Gasteiger partial charge in [0, 0.05) is 12.1 Å². The van der Waals surface area contributed by atoms with Crippen LogP contribution in [-0.4, -0.2) is 33.3 Å². The lowest BCUT2D eigenvalue weighted by atomic mass is 9.95. The third-order valence-corrected chi connectivity index (χ3v) is 7.37. The Kier molecular flexibility index (Phi) is 5.79. The van der Waals surface area contributed by atoms with Crippen LogP contribution >= 0.6 is 22.7 Å². The minimum Gasteiger partial charge on any atom is -0.503 e. The van der Waals surface area contributed by atoms with Gasteiger partial charge in [0.1, 0.15) is 5.75 Å². The highest BCUT2D eigenvalue weighted by molar-refractivity contribution is 7.22. The van der Waals surface area contributed by atoms with Crippen LogP contribution in [-0.2, 0) is 4.79 Å². The first kappa shape index (κ1) is 22.7. The molecule has 1 aliphatic heterocycles. The molecule has 0 aliphatic carbocycles. The van der Waals surface area contributed by atoms with Crippen LogP contribution in [0, 0.1) is 10.1 Å². The summed E-state index contributed by atoms with van der Waals surface area (Å²) in [6.07, 6.45) is 0. The van der Waals surface area contributed by atoms with E-state index < -0.39 is 28.4 Å². The summed E-state index contributed by atoms with van der Waals surface area (Å²) in [6, 6.07) is 13.2. The summed E-state index contributed by atoms with van der Waals surface area (Å²) in [6.45, 7) is 2.37. The molecule has 0 saturated carbocycles. The van der Waals surface area contributed by atoms with Crippen molar-refractivity contribution in [2.75, 3.05) is 11.5 Å². The molecular formula is C24H17N3O6S2. The van der Waals surface area contributed by atoms with Crippen molar-refractivity contribution < 1.29 is 24.4 Å². The van der Waals surface area contributed by atoms with E-state index in [1.165, 1.54) is 51.8 Å². The number of carbonyl (C=O) groups excluding carboxylic acids is 2. The molecule has 1 unspecified atom stereocenters. The highest BCUT2D eigenvalue weighted by Gasteiger charge is 2.46. The van der Waals surface area contributed by atoms with Crippen molar-refractivity contribution in [3.63, 3.8) is 0 Å². The summed E-state index contributed by atoms with van der Waals surface area (Å²) in [7, 11) is 0. The molecule has 0 spiro atoms. The van der Waals surface area contributed by atoms with Gasteiger partial charge in [-0.15, -0.1) is 11.3 Å². The van der Waals surface area contributed by atoms with Gasteiger partial charge < -0.3 is 9.84 Å². The van der Waals surface area contributed by atoms with Crippen LogP contribution in [0.15, 0.2) is 71.3 Å². The van der Waals surface area contributed by atoms with Gasteiger partial charge in [0.15, 0.2) is 10.9 Å². The standard InChI is InChI=1S/C24H17N3O6S2/c1-2-33-15-9-10-16-18(12-15)35-24(25-16)26-20(13-5-7-14(8-6-13)27(31)32)19(22(29)23(26)30)21(28)17-4-3-11-34-17/h3-12,20,29H,2H2,1H3. The molecule has 0 fully saturated rings. The Hall–Kier alpha value is -4.09. The number of thiophene rings is 1. The number of non-ortho nitro benzene ring substituents is 1. The number of benzene rings is 2. The van der Waals surface area contributed by atoms with E-state index in [0.717, 1.165) is 4.70 Å². The van der Waals surface area contributed by atoms with E-state index in [9.17, 15) is 24.8 Å². The average molecular weight is 508 g/mol. The van der Waals surface area contributed by atoms with Gasteiger partial charge in [-0.25, -0.2) is 4.98 Å². The molecule has 0 bridgehead atoms. The Morgan fingerprint density at radius 2 is 2.00 bits per heavy atom. The molecule has 2 aromatic carbocycles. The van der Waals surface area contributed by atoms with Crippen molar-refractivity contribution in [1.29, 1.82) is 0 Å². The van der Waals surface area contributed by atoms with Crippen LogP contribution in [0.1, 0.15) is 28.2 Å². The van der Waals surface area contributed by atoms with E-state index in [-0.39, 0.29) is 16.4 Å². The largest absolute Gasteiger partial charge is 0.503 e. The number of aliphatic hydroxyl groups excluding tert-OH is 1. The number of nitro groups is 1. The lowest BCUT2D eigenvalue weighted by Crippen LogP contribution is -2.30. The molecule has 35 heavy (non-hydrogen) atoms. The van der Waals surface area contributed by atoms with Crippen molar-refractivity contribution in [2.24, 2.45) is 0 Å². The Morgan fingerprint density at radius 1 is 1.23 bits per heavy atom. The van der Waals surface area contributed by atoms with E-state index in [2.05, 4.69) is 4.98 Å². The number of nitrogens with zero attached hydrogens (tertiary/aromatic N) is 3. The van der Waals surface area contributed by atoms with Crippen LogP contribution in [0.2, 0.25) is 0 Å². The summed E-state index contributed by atoms with van der Waals surface area (Å²) in [5, 5.41) is 24.0. The molecule has 0 radical (unpaired) electrons. The summed E-state index contributed by atoms with van der Waals surface area (Å²) >= 11 is 2.41. The van der Waals surface area contributed by atoms with Crippen LogP contribution in [0.3, 0.4) is 0 Å². The molecule has 4 aromatic rings. The third kappa shape index (κ3) is 3.94. The van der Waals surface area contributed by atoms with Crippen molar-refractivity contribution in [1.82, 2.24) is 4.98 Å². The van der Waals surface area contributed by atoms with Crippen molar-refractivity contribution in [2.45, 2.75) is 13.0 Å². The predicted octanol–water partition coefficient (Wildman–Crippen LogP) is 5.45. The maximum atomic E-state index is 13.4. The summed E-state index contributed by atoms with van der Waals surface area (Å²) in [4.78, 5) is 43.5. The number of hydrogen-bond donors (Lipinski definition) is 1. The number of amides is 1. The van der Waals surface area contributed by atoms with E-state index in [1.54, 1.807) is 29.6 Å². The predicted molar refractivity (Wildman–Crippen MR) is 132 cm³/mol. The number of ketones is 1. The minimum absolute atomic E-state index is 0.0967. The van der Waals surface area contributed by atoms with Crippen molar-refractivity contribution in [3.8, 4) is 5.75 Å². The second kappa shape index (κ2) is 8.93. The highest BCUT2D eigenvalue weighted by Crippen LogP contribution is 2.45. The molecular weight excluding hydrogens is 490 g/mol. The Morgan fingerprint density at radius 3 is 2.66 bits per heavy atom. The van der Waals surface area contributed by atoms with Gasteiger partial charge in [0.25, 0.3) is 11.6 Å². The molecule has 1 amide bonds. The molecule has 5 rings (SSSR count). The zero-order valence-electron chi connectivity index (χ0n) is 18.2. The van der Waals surface area contributed by atoms with Crippen molar-refractivity contribution >= 4 is 55.4 Å². The first-order valence-electron chi connectivity index (χ1n) is 10.5. The SMILES string of the molecule is CCOc1ccc2nc(N3C(=O)C(O)=C(C(=O)c4cccs4)C3c3ccc([N+](=O)[O-])cc3)sc2c1. The molecule has 2 aromatic heterocycles. The summed E-state index contributed by atoms with van der Waals surface area (Å²) < 4.78 is 6.31. The Balaban J connectivity index is 1.64. The number of anilines is 1. The van der Waals surface area contributed by atoms with E-state index in [4.69, 9.17) is 4.74 Å². The van der Waals surface area contributed by atoms with Gasteiger partial charge in [-0.1, -0.05) is 17.4 Å². The van der Waals surface area contributed by atoms with Crippen LogP contribution in [0.5, 0.6) is 5.75 Å². The third-order valence-electron chi connectivity index (χ3n) is 5.48. The molecule has 3 heterocycles. The van der Waals surface area contributed by atoms with E-state index in [0.29, 0.717) is 28.3 Å². The number of fused-ring (bicyclic) bond motifs is 1. The number of carbonyl (C=O) groups is 2. The van der Waals surface area contributed by atoms with Gasteiger partial charge in [-0.2, -0.15) is 0 Å². The average Bonchev–Trinajstić information content (AvgIpc) is 3.58. The van der Waals surface area contributed by atoms with E-state index in [1.807, 2.05) is 13.0 Å². The molecule has 9 nitrogen and oxygen atoms in total. The zero-order chi connectivity index (χ0) is 24.7. The second-order valence-corrected chi connectivity index (χ2v) is 9.51. The van der Waals surface area contributed by atoms with Gasteiger partial charge in [0.05, 0.1) is 38.2 Å². The Bertz CT molecular complexity index is 1490. The zero-order valence-corrected chi connectivity index (χ0v) is 19.8. The number of thiazole rings is 1. The summed E-state index contributed by atoms with van der Waals surface area (Å²) in [5.41, 5.74) is 0.830. The number of Topliss-reactive ketones (excluding diaryl/α,β-unsaturated/α-hetero) is 1. The van der Waals surface area contributed by atoms with E-state index >= 15 is 0 Å². The van der Waals surface area contributed by atoms with Crippen LogP contribution in [0.4, 0.5) is 10.8 Å². The maximum Gasteiger partial charge on any atom is 0.296 e. The fourth-order valence-corrected chi connectivity index (χ4v) is 5.62. The number of nitro benzene ring substituents is 1. The molecule has 1 N–H and O–H groups in total. The van der Waals surface area contributed by atoms with Gasteiger partial charge >= 0.3 is 0 Å². The molecule has 1 atom stereocenters. The second-order valence-electron chi connectivity index (χ2n) is 7.55. The molecule has 176 valence electrons. The lowest BCUT2D eigenvalue weighted by molar-refractivity contribution is -0.384. The number of ether oxygens (including phenoxy) is 1. The Labute approximate surface area is 206 Å². The monoisotopic (exact) mass is 507 g/mol. The number of aromatic nitrogens is 1. The van der Waals surface area contributed by atoms with Gasteiger partial charge in [0.2, 0.25) is 5.78 Å². The molecule has 11 heteroatoms. The number of aliphatic hydroxyl groups is 1. The highest BCUT2D eigenvalue weighted by atomic mass is 32.1. The van der Waals surface area contributed by atoms with Gasteiger partial charge in [-0.05, 0) is 54.3 Å². The summed E-state index contributed by atoms with van der Waals surface area (Å²) in [5.74, 6) is -1.26. The normalized spacial score (nSPS) is 15.7. The van der Waals surface area contributed by atoms with Gasteiger partial charge in [-0.3, -0.25) is 24.6 Å². The maximum absolute atomic E-state index is 13.4. The topological polar surface area (TPSA) is 123 Å². The minimum atomic E-state index is -1.01. The lowest BCUT2D eigenvalue weighted by Gasteiger charge is -2.24. The number of rotatable bonds is 7. The first-order valence-corrected chi connectivity index (χ1v) is 12.2. The first-order chi connectivity index (χ1) is 16.9. The quantitative estimate of drug-likeness (QED) is 0.200. The fourth-order valence-electron chi connectivity index (χ4n) is 3.92. The molecule has 1 aliphatic rings. The molecule has 0 saturated heterocycles. The number of hydrogen-bond acceptors (Lipinski definition) is 9. The van der Waals surface area contributed by atoms with Crippen LogP contribution < -0.4 is 9.64 Å². The smallest absolute Gasteiger partial charge is 0.296 e.